The molecule has 100 valence electrons. The molecule has 0 amide bonds. The van der Waals surface area contributed by atoms with E-state index < -0.39 is 11.6 Å². The van der Waals surface area contributed by atoms with Gasteiger partial charge in [0.25, 0.3) is 0 Å². The van der Waals surface area contributed by atoms with Crippen LogP contribution in [0.15, 0.2) is 40.9 Å². The normalized spacial score (nSPS) is 12.5. The van der Waals surface area contributed by atoms with Gasteiger partial charge in [0.15, 0.2) is 0 Å². The van der Waals surface area contributed by atoms with Crippen molar-refractivity contribution in [3.05, 3.63) is 69.2 Å². The van der Waals surface area contributed by atoms with E-state index in [0.29, 0.717) is 12.0 Å². The molecule has 0 aromatic heterocycles. The number of hydrogen-bond acceptors (Lipinski definition) is 1. The largest absolute Gasteiger partial charge is 0.324 e. The number of benzene rings is 2. The number of aryl methyl sites for hydroxylation is 1. The SMILES string of the molecule is Cc1ccc(Br)cc1C(N)Cc1cc(F)cc(F)c1. The Morgan fingerprint density at radius 2 is 1.74 bits per heavy atom. The van der Waals surface area contributed by atoms with Crippen LogP contribution in [0.3, 0.4) is 0 Å². The van der Waals surface area contributed by atoms with Crippen LogP contribution in [0.1, 0.15) is 22.7 Å². The zero-order valence-electron chi connectivity index (χ0n) is 10.5. The number of rotatable bonds is 3. The summed E-state index contributed by atoms with van der Waals surface area (Å²) in [6.07, 6.45) is 0.395. The smallest absolute Gasteiger partial charge is 0.126 e. The van der Waals surface area contributed by atoms with E-state index in [4.69, 9.17) is 5.73 Å². The van der Waals surface area contributed by atoms with E-state index in [1.165, 1.54) is 12.1 Å². The Balaban J connectivity index is 2.25. The first kappa shape index (κ1) is 14.2. The Labute approximate surface area is 119 Å². The van der Waals surface area contributed by atoms with Crippen molar-refractivity contribution in [3.8, 4) is 0 Å². The molecule has 2 N–H and O–H groups in total. The average molecular weight is 326 g/mol. The maximum absolute atomic E-state index is 13.1. The van der Waals surface area contributed by atoms with Crippen LogP contribution in [-0.2, 0) is 6.42 Å². The minimum atomic E-state index is -0.576. The molecule has 1 nitrogen and oxygen atoms in total. The van der Waals surface area contributed by atoms with Crippen molar-refractivity contribution in [2.45, 2.75) is 19.4 Å². The van der Waals surface area contributed by atoms with Gasteiger partial charge in [-0.05, 0) is 54.3 Å². The predicted octanol–water partition coefficient (Wildman–Crippen LogP) is 4.28. The molecular formula is C15H14BrF2N. The Bertz CT molecular complexity index is 578. The Hall–Kier alpha value is -1.26. The average Bonchev–Trinajstić information content (AvgIpc) is 2.30. The Morgan fingerprint density at radius 1 is 1.11 bits per heavy atom. The van der Waals surface area contributed by atoms with Gasteiger partial charge in [0, 0.05) is 16.6 Å². The van der Waals surface area contributed by atoms with Crippen molar-refractivity contribution in [3.63, 3.8) is 0 Å². The molecule has 1 atom stereocenters. The van der Waals surface area contributed by atoms with Crippen LogP contribution in [0.4, 0.5) is 8.78 Å². The third-order valence-electron chi connectivity index (χ3n) is 3.02. The molecule has 0 saturated carbocycles. The number of halogens is 3. The van der Waals surface area contributed by atoms with Gasteiger partial charge in [-0.1, -0.05) is 22.0 Å². The summed E-state index contributed by atoms with van der Waals surface area (Å²) in [5.74, 6) is -1.15. The van der Waals surface area contributed by atoms with Gasteiger partial charge >= 0.3 is 0 Å². The summed E-state index contributed by atoms with van der Waals surface area (Å²) in [6.45, 7) is 1.97. The quantitative estimate of drug-likeness (QED) is 0.895. The third-order valence-corrected chi connectivity index (χ3v) is 3.51. The summed E-state index contributed by atoms with van der Waals surface area (Å²) >= 11 is 3.40. The van der Waals surface area contributed by atoms with E-state index in [1.807, 2.05) is 25.1 Å². The lowest BCUT2D eigenvalue weighted by molar-refractivity contribution is 0.576. The first-order valence-electron chi connectivity index (χ1n) is 5.92. The molecule has 19 heavy (non-hydrogen) atoms. The highest BCUT2D eigenvalue weighted by atomic mass is 79.9. The summed E-state index contributed by atoms with van der Waals surface area (Å²) in [5, 5.41) is 0. The van der Waals surface area contributed by atoms with Gasteiger partial charge < -0.3 is 5.73 Å². The van der Waals surface area contributed by atoms with Crippen molar-refractivity contribution in [1.82, 2.24) is 0 Å². The van der Waals surface area contributed by atoms with Crippen molar-refractivity contribution >= 4 is 15.9 Å². The van der Waals surface area contributed by atoms with Crippen LogP contribution >= 0.6 is 15.9 Å². The van der Waals surface area contributed by atoms with E-state index >= 15 is 0 Å². The first-order chi connectivity index (χ1) is 8.95. The standard InChI is InChI=1S/C15H14BrF2N/c1-9-2-3-11(16)7-14(9)15(19)6-10-4-12(17)8-13(18)5-10/h2-5,7-8,15H,6,19H2,1H3. The van der Waals surface area contributed by atoms with Gasteiger partial charge in [-0.2, -0.15) is 0 Å². The molecule has 0 saturated heterocycles. The summed E-state index contributed by atoms with van der Waals surface area (Å²) in [7, 11) is 0. The van der Waals surface area contributed by atoms with Crippen LogP contribution in [-0.4, -0.2) is 0 Å². The van der Waals surface area contributed by atoms with Gasteiger partial charge in [-0.15, -0.1) is 0 Å². The summed E-state index contributed by atoms with van der Waals surface area (Å²) in [4.78, 5) is 0. The van der Waals surface area contributed by atoms with Crippen LogP contribution in [0.2, 0.25) is 0 Å². The van der Waals surface area contributed by atoms with E-state index in [-0.39, 0.29) is 6.04 Å². The maximum atomic E-state index is 13.1. The van der Waals surface area contributed by atoms with Crippen LogP contribution in [0, 0.1) is 18.6 Å². The van der Waals surface area contributed by atoms with Crippen molar-refractivity contribution < 1.29 is 8.78 Å². The van der Waals surface area contributed by atoms with Crippen molar-refractivity contribution in [2.24, 2.45) is 5.73 Å². The Kier molecular flexibility index (Phi) is 4.32. The molecule has 2 aromatic carbocycles. The van der Waals surface area contributed by atoms with Crippen molar-refractivity contribution in [1.29, 1.82) is 0 Å². The molecule has 0 aliphatic rings. The van der Waals surface area contributed by atoms with E-state index in [2.05, 4.69) is 15.9 Å². The van der Waals surface area contributed by atoms with Crippen molar-refractivity contribution in [2.75, 3.05) is 0 Å². The lowest BCUT2D eigenvalue weighted by Gasteiger charge is -2.15. The molecule has 0 radical (unpaired) electrons. The number of nitrogens with two attached hydrogens (primary N) is 1. The van der Waals surface area contributed by atoms with Crippen LogP contribution < -0.4 is 5.73 Å². The molecule has 0 bridgehead atoms. The van der Waals surface area contributed by atoms with E-state index in [9.17, 15) is 8.78 Å². The van der Waals surface area contributed by atoms with E-state index in [1.54, 1.807) is 0 Å². The second kappa shape index (κ2) is 5.80. The zero-order chi connectivity index (χ0) is 14.0. The monoisotopic (exact) mass is 325 g/mol. The maximum Gasteiger partial charge on any atom is 0.126 e. The third kappa shape index (κ3) is 3.61. The minimum Gasteiger partial charge on any atom is -0.324 e. The lowest BCUT2D eigenvalue weighted by atomic mass is 9.96. The van der Waals surface area contributed by atoms with Crippen LogP contribution in [0.5, 0.6) is 0 Å². The highest BCUT2D eigenvalue weighted by Crippen LogP contribution is 2.24. The fourth-order valence-electron chi connectivity index (χ4n) is 2.10. The predicted molar refractivity (Wildman–Crippen MR) is 75.9 cm³/mol. The lowest BCUT2D eigenvalue weighted by Crippen LogP contribution is -2.15. The molecule has 0 spiro atoms. The fourth-order valence-corrected chi connectivity index (χ4v) is 2.48. The van der Waals surface area contributed by atoms with Gasteiger partial charge in [0.1, 0.15) is 11.6 Å². The molecule has 0 aliphatic heterocycles. The summed E-state index contributed by atoms with van der Waals surface area (Å²) in [6, 6.07) is 9.04. The van der Waals surface area contributed by atoms with Gasteiger partial charge in [0.05, 0.1) is 0 Å². The van der Waals surface area contributed by atoms with Gasteiger partial charge in [-0.3, -0.25) is 0 Å². The molecule has 0 heterocycles. The molecule has 2 aromatic rings. The first-order valence-corrected chi connectivity index (χ1v) is 6.71. The minimum absolute atomic E-state index is 0.293. The number of hydrogen-bond donors (Lipinski definition) is 1. The summed E-state index contributed by atoms with van der Waals surface area (Å²) in [5.41, 5.74) is 8.72. The molecular weight excluding hydrogens is 312 g/mol. The van der Waals surface area contributed by atoms with Gasteiger partial charge in [0.2, 0.25) is 0 Å². The molecule has 4 heteroatoms. The van der Waals surface area contributed by atoms with Gasteiger partial charge in [-0.25, -0.2) is 8.78 Å². The van der Waals surface area contributed by atoms with Crippen LogP contribution in [0.25, 0.3) is 0 Å². The fraction of sp³-hybridized carbons (Fsp3) is 0.200. The topological polar surface area (TPSA) is 26.0 Å². The second-order valence-corrected chi connectivity index (χ2v) is 5.50. The highest BCUT2D eigenvalue weighted by molar-refractivity contribution is 9.10. The second-order valence-electron chi connectivity index (χ2n) is 4.59. The Morgan fingerprint density at radius 3 is 2.37 bits per heavy atom. The highest BCUT2D eigenvalue weighted by Gasteiger charge is 2.12. The summed E-state index contributed by atoms with van der Waals surface area (Å²) < 4.78 is 27.2. The molecule has 2 rings (SSSR count). The zero-order valence-corrected chi connectivity index (χ0v) is 12.0. The molecule has 1 unspecified atom stereocenters. The molecule has 0 aliphatic carbocycles. The van der Waals surface area contributed by atoms with E-state index in [0.717, 1.165) is 21.7 Å². The molecule has 0 fully saturated rings.